The normalized spacial score (nSPS) is 14.3. The molecule has 0 unspecified atom stereocenters. The summed E-state index contributed by atoms with van der Waals surface area (Å²) in [5, 5.41) is 13.1. The number of carbonyl (C=O) groups is 1. The Balaban J connectivity index is 1.44. The first-order valence-corrected chi connectivity index (χ1v) is 8.92. The fraction of sp³-hybridized carbons (Fsp3) is 0.312. The minimum atomic E-state index is -0.0366. The highest BCUT2D eigenvalue weighted by atomic mass is 32.1. The van der Waals surface area contributed by atoms with Gasteiger partial charge in [0.15, 0.2) is 4.77 Å². The Morgan fingerprint density at radius 3 is 3.09 bits per heavy atom. The summed E-state index contributed by atoms with van der Waals surface area (Å²) < 4.78 is 3.76. The molecule has 3 aromatic rings. The zero-order chi connectivity index (χ0) is 15.8. The van der Waals surface area contributed by atoms with E-state index in [1.165, 1.54) is 12.8 Å². The van der Waals surface area contributed by atoms with Gasteiger partial charge in [-0.15, -0.1) is 11.3 Å². The number of nitrogens with one attached hydrogen (secondary N) is 2. The van der Waals surface area contributed by atoms with Crippen molar-refractivity contribution in [1.29, 1.82) is 0 Å². The number of aromatic amines is 1. The zero-order valence-electron chi connectivity index (χ0n) is 12.4. The van der Waals surface area contributed by atoms with Gasteiger partial charge < -0.3 is 9.88 Å². The highest BCUT2D eigenvalue weighted by molar-refractivity contribution is 7.71. The first kappa shape index (κ1) is 14.6. The fourth-order valence-electron chi connectivity index (χ4n) is 2.73. The van der Waals surface area contributed by atoms with E-state index in [1.807, 2.05) is 34.2 Å². The molecule has 0 spiro atoms. The Morgan fingerprint density at radius 1 is 1.43 bits per heavy atom. The van der Waals surface area contributed by atoms with Crippen molar-refractivity contribution in [1.82, 2.24) is 20.1 Å². The molecular weight excluding hydrogens is 328 g/mol. The quantitative estimate of drug-likeness (QED) is 0.697. The maximum Gasteiger partial charge on any atom is 0.252 e. The number of thiophene rings is 1. The van der Waals surface area contributed by atoms with Crippen LogP contribution in [0.2, 0.25) is 0 Å². The molecule has 0 saturated heterocycles. The lowest BCUT2D eigenvalue weighted by Crippen LogP contribution is -2.27. The van der Waals surface area contributed by atoms with Crippen LogP contribution in [0.3, 0.4) is 0 Å². The van der Waals surface area contributed by atoms with Crippen LogP contribution in [0, 0.1) is 4.77 Å². The molecule has 1 aliphatic rings. The van der Waals surface area contributed by atoms with Crippen molar-refractivity contribution in [3.8, 4) is 0 Å². The molecule has 2 heterocycles. The number of carbonyl (C=O) groups excluding carboxylic acids is 1. The molecule has 1 aromatic carbocycles. The third-order valence-corrected chi connectivity index (χ3v) is 5.35. The Labute approximate surface area is 142 Å². The first-order chi connectivity index (χ1) is 11.2. The lowest BCUT2D eigenvalue weighted by atomic mass is 10.1. The van der Waals surface area contributed by atoms with Crippen LogP contribution in [-0.2, 0) is 6.54 Å². The minimum absolute atomic E-state index is 0.0366. The largest absolute Gasteiger partial charge is 0.350 e. The van der Waals surface area contributed by atoms with E-state index in [4.69, 9.17) is 12.2 Å². The van der Waals surface area contributed by atoms with Gasteiger partial charge in [-0.25, -0.2) is 0 Å². The third kappa shape index (κ3) is 2.82. The number of amides is 1. The molecule has 1 amide bonds. The third-order valence-electron chi connectivity index (χ3n) is 4.08. The number of rotatable bonds is 5. The Bertz CT molecular complexity index is 919. The highest BCUT2D eigenvalue weighted by Crippen LogP contribution is 2.38. The summed E-state index contributed by atoms with van der Waals surface area (Å²) in [6.07, 6.45) is 2.35. The number of benzene rings is 1. The molecular formula is C16H16N4OS2. The molecule has 2 N–H and O–H groups in total. The molecule has 1 fully saturated rings. The number of aromatic nitrogens is 3. The molecule has 5 nitrogen and oxygen atoms in total. The second kappa shape index (κ2) is 5.90. The summed E-state index contributed by atoms with van der Waals surface area (Å²) in [7, 11) is 0. The van der Waals surface area contributed by atoms with E-state index in [0.29, 0.717) is 23.8 Å². The van der Waals surface area contributed by atoms with E-state index < -0.39 is 0 Å². The monoisotopic (exact) mass is 344 g/mol. The van der Waals surface area contributed by atoms with Crippen molar-refractivity contribution in [2.24, 2.45) is 0 Å². The zero-order valence-corrected chi connectivity index (χ0v) is 14.0. The van der Waals surface area contributed by atoms with Crippen LogP contribution in [0.1, 0.15) is 34.9 Å². The van der Waals surface area contributed by atoms with Crippen LogP contribution < -0.4 is 5.32 Å². The molecule has 0 atom stereocenters. The Kier molecular flexibility index (Phi) is 3.74. The van der Waals surface area contributed by atoms with Gasteiger partial charge >= 0.3 is 0 Å². The molecule has 1 saturated carbocycles. The summed E-state index contributed by atoms with van der Waals surface area (Å²) in [6.45, 7) is 1.19. The van der Waals surface area contributed by atoms with Crippen LogP contribution in [0.5, 0.6) is 0 Å². The number of nitrogens with zero attached hydrogens (tertiary/aromatic N) is 2. The van der Waals surface area contributed by atoms with Gasteiger partial charge in [0.25, 0.3) is 5.91 Å². The number of H-pyrrole nitrogens is 1. The van der Waals surface area contributed by atoms with Crippen LogP contribution in [0.4, 0.5) is 0 Å². The van der Waals surface area contributed by atoms with Crippen molar-refractivity contribution in [3.63, 3.8) is 0 Å². The van der Waals surface area contributed by atoms with Crippen molar-refractivity contribution >= 4 is 39.5 Å². The smallest absolute Gasteiger partial charge is 0.252 e. The van der Waals surface area contributed by atoms with Gasteiger partial charge in [-0.1, -0.05) is 18.2 Å². The first-order valence-electron chi connectivity index (χ1n) is 7.63. The topological polar surface area (TPSA) is 62.7 Å². The summed E-state index contributed by atoms with van der Waals surface area (Å²) in [5.41, 5.74) is 0.740. The lowest BCUT2D eigenvalue weighted by Gasteiger charge is -2.07. The second-order valence-electron chi connectivity index (χ2n) is 5.71. The molecule has 0 bridgehead atoms. The van der Waals surface area contributed by atoms with Gasteiger partial charge in [0.1, 0.15) is 5.82 Å². The number of hydrogen-bond acceptors (Lipinski definition) is 4. The molecule has 1 aliphatic carbocycles. The summed E-state index contributed by atoms with van der Waals surface area (Å²) in [4.78, 5) is 12.4. The highest BCUT2D eigenvalue weighted by Gasteiger charge is 2.28. The molecule has 118 valence electrons. The molecule has 0 radical (unpaired) electrons. The SMILES string of the molecule is O=C(NCCn1c(C2CC2)n[nH]c1=S)c1csc2ccccc12. The molecule has 7 heteroatoms. The Morgan fingerprint density at radius 2 is 2.26 bits per heavy atom. The second-order valence-corrected chi connectivity index (χ2v) is 7.01. The summed E-state index contributed by atoms with van der Waals surface area (Å²) in [6, 6.07) is 7.96. The molecule has 0 aliphatic heterocycles. The summed E-state index contributed by atoms with van der Waals surface area (Å²) >= 11 is 6.87. The number of hydrogen-bond donors (Lipinski definition) is 2. The van der Waals surface area contributed by atoms with Crippen LogP contribution >= 0.6 is 23.6 Å². The van der Waals surface area contributed by atoms with Crippen molar-refractivity contribution in [3.05, 3.63) is 45.8 Å². The van der Waals surface area contributed by atoms with E-state index in [0.717, 1.165) is 21.5 Å². The number of fused-ring (bicyclic) bond motifs is 1. The summed E-state index contributed by atoms with van der Waals surface area (Å²) in [5.74, 6) is 1.51. The van der Waals surface area contributed by atoms with Gasteiger partial charge in [-0.3, -0.25) is 9.89 Å². The van der Waals surface area contributed by atoms with Gasteiger partial charge in [0.05, 0.1) is 5.56 Å². The van der Waals surface area contributed by atoms with E-state index in [2.05, 4.69) is 15.5 Å². The predicted molar refractivity (Wildman–Crippen MR) is 93.5 cm³/mol. The molecule has 23 heavy (non-hydrogen) atoms. The maximum absolute atomic E-state index is 12.4. The Hall–Kier alpha value is -1.99. The lowest BCUT2D eigenvalue weighted by molar-refractivity contribution is 0.0954. The van der Waals surface area contributed by atoms with Gasteiger partial charge in [0.2, 0.25) is 0 Å². The van der Waals surface area contributed by atoms with E-state index in [1.54, 1.807) is 11.3 Å². The van der Waals surface area contributed by atoms with Crippen molar-refractivity contribution in [2.45, 2.75) is 25.3 Å². The average molecular weight is 344 g/mol. The van der Waals surface area contributed by atoms with Crippen LogP contribution in [0.25, 0.3) is 10.1 Å². The standard InChI is InChI=1S/C16H16N4OS2/c21-15(12-9-23-13-4-2-1-3-11(12)13)17-7-8-20-14(10-5-6-10)18-19-16(20)22/h1-4,9-10H,5-8H2,(H,17,21)(H,19,22). The average Bonchev–Trinajstić information content (AvgIpc) is 3.21. The molecule has 4 rings (SSSR count). The van der Waals surface area contributed by atoms with E-state index in [-0.39, 0.29) is 5.91 Å². The minimum Gasteiger partial charge on any atom is -0.350 e. The van der Waals surface area contributed by atoms with Gasteiger partial charge in [-0.05, 0) is 31.1 Å². The van der Waals surface area contributed by atoms with Gasteiger partial charge in [-0.2, -0.15) is 5.10 Å². The van der Waals surface area contributed by atoms with Crippen LogP contribution in [-0.4, -0.2) is 27.2 Å². The van der Waals surface area contributed by atoms with Gasteiger partial charge in [0, 0.05) is 34.5 Å². The maximum atomic E-state index is 12.4. The van der Waals surface area contributed by atoms with E-state index >= 15 is 0 Å². The molecule has 2 aromatic heterocycles. The predicted octanol–water partition coefficient (Wildman–Crippen LogP) is 3.46. The van der Waals surface area contributed by atoms with Crippen molar-refractivity contribution < 1.29 is 4.79 Å². The van der Waals surface area contributed by atoms with E-state index in [9.17, 15) is 4.79 Å². The van der Waals surface area contributed by atoms with Crippen molar-refractivity contribution in [2.75, 3.05) is 6.54 Å². The van der Waals surface area contributed by atoms with Crippen LogP contribution in [0.15, 0.2) is 29.6 Å². The fourth-order valence-corrected chi connectivity index (χ4v) is 3.90.